The smallest absolute Gasteiger partial charge is 0.254 e. The number of hydrogen-bond acceptors (Lipinski definition) is 4. The molecule has 0 saturated carbocycles. The molecule has 0 spiro atoms. The van der Waals surface area contributed by atoms with E-state index in [1.165, 1.54) is 16.8 Å². The number of ether oxygens (including phenoxy) is 1. The maximum absolute atomic E-state index is 13.4. The first-order valence-corrected chi connectivity index (χ1v) is 12.3. The summed E-state index contributed by atoms with van der Waals surface area (Å²) in [6.07, 6.45) is 3.00. The van der Waals surface area contributed by atoms with Crippen molar-refractivity contribution < 1.29 is 9.53 Å². The molecule has 0 atom stereocenters. The van der Waals surface area contributed by atoms with Crippen LogP contribution in [0.15, 0.2) is 48.5 Å². The van der Waals surface area contributed by atoms with Crippen molar-refractivity contribution in [2.75, 3.05) is 44.3 Å². The number of morpholine rings is 1. The maximum Gasteiger partial charge on any atom is 0.254 e. The average Bonchev–Trinajstić information content (AvgIpc) is 2.89. The molecule has 0 aliphatic carbocycles. The SMILES string of the molecule is CC.CCc1ccc(C(=O)N(Cc2ccc(N3CCOCC3)cc2)C2CCNCC2)cc1. The molecule has 2 fully saturated rings. The highest BCUT2D eigenvalue weighted by Crippen LogP contribution is 2.22. The maximum atomic E-state index is 13.4. The molecule has 1 amide bonds. The van der Waals surface area contributed by atoms with Gasteiger partial charge < -0.3 is 19.9 Å². The van der Waals surface area contributed by atoms with Gasteiger partial charge in [-0.15, -0.1) is 0 Å². The molecule has 0 bridgehead atoms. The number of aryl methyl sites for hydroxylation is 1. The largest absolute Gasteiger partial charge is 0.378 e. The minimum atomic E-state index is 0.141. The number of piperidine rings is 1. The highest BCUT2D eigenvalue weighted by atomic mass is 16.5. The topological polar surface area (TPSA) is 44.8 Å². The van der Waals surface area contributed by atoms with Crippen molar-refractivity contribution in [3.8, 4) is 0 Å². The second-order valence-electron chi connectivity index (χ2n) is 8.23. The Morgan fingerprint density at radius 3 is 2.16 bits per heavy atom. The van der Waals surface area contributed by atoms with E-state index in [0.717, 1.165) is 64.2 Å². The van der Waals surface area contributed by atoms with Crippen LogP contribution in [0, 0.1) is 0 Å². The summed E-state index contributed by atoms with van der Waals surface area (Å²) in [4.78, 5) is 17.9. The molecule has 5 nitrogen and oxygen atoms in total. The van der Waals surface area contributed by atoms with E-state index in [1.807, 2.05) is 26.0 Å². The molecule has 2 aromatic carbocycles. The zero-order valence-corrected chi connectivity index (χ0v) is 20.0. The van der Waals surface area contributed by atoms with Crippen LogP contribution in [-0.4, -0.2) is 56.2 Å². The number of rotatable bonds is 6. The molecule has 2 aliphatic heterocycles. The Hall–Kier alpha value is -2.37. The zero-order valence-electron chi connectivity index (χ0n) is 20.0. The van der Waals surface area contributed by atoms with Crippen molar-refractivity contribution in [2.45, 2.75) is 52.6 Å². The Balaban J connectivity index is 0.00000141. The van der Waals surface area contributed by atoms with Gasteiger partial charge >= 0.3 is 0 Å². The van der Waals surface area contributed by atoms with Crippen molar-refractivity contribution in [1.82, 2.24) is 10.2 Å². The summed E-state index contributed by atoms with van der Waals surface area (Å²) < 4.78 is 5.46. The van der Waals surface area contributed by atoms with Crippen LogP contribution in [0.2, 0.25) is 0 Å². The number of nitrogens with one attached hydrogen (secondary N) is 1. The summed E-state index contributed by atoms with van der Waals surface area (Å²) in [5.74, 6) is 0.141. The Morgan fingerprint density at radius 2 is 1.56 bits per heavy atom. The van der Waals surface area contributed by atoms with Crippen LogP contribution in [0.25, 0.3) is 0 Å². The van der Waals surface area contributed by atoms with Gasteiger partial charge in [-0.25, -0.2) is 0 Å². The Bertz CT molecular complexity index is 808. The molecule has 1 N–H and O–H groups in total. The summed E-state index contributed by atoms with van der Waals surface area (Å²) >= 11 is 0. The lowest BCUT2D eigenvalue weighted by atomic mass is 10.0. The summed E-state index contributed by atoms with van der Waals surface area (Å²) in [5.41, 5.74) is 4.47. The minimum Gasteiger partial charge on any atom is -0.378 e. The lowest BCUT2D eigenvalue weighted by molar-refractivity contribution is 0.0623. The fourth-order valence-corrected chi connectivity index (χ4v) is 4.36. The van der Waals surface area contributed by atoms with E-state index in [-0.39, 0.29) is 11.9 Å². The molecule has 174 valence electrons. The van der Waals surface area contributed by atoms with Crippen molar-refractivity contribution >= 4 is 11.6 Å². The molecule has 2 saturated heterocycles. The average molecular weight is 438 g/mol. The Morgan fingerprint density at radius 1 is 0.969 bits per heavy atom. The molecule has 2 aliphatic rings. The summed E-state index contributed by atoms with van der Waals surface area (Å²) in [6.45, 7) is 12.2. The van der Waals surface area contributed by atoms with E-state index >= 15 is 0 Å². The van der Waals surface area contributed by atoms with Crippen molar-refractivity contribution in [3.63, 3.8) is 0 Å². The summed E-state index contributed by atoms with van der Waals surface area (Å²) in [7, 11) is 0. The van der Waals surface area contributed by atoms with Gasteiger partial charge in [0.2, 0.25) is 0 Å². The zero-order chi connectivity index (χ0) is 22.8. The normalized spacial score (nSPS) is 16.8. The molecule has 32 heavy (non-hydrogen) atoms. The van der Waals surface area contributed by atoms with Crippen molar-refractivity contribution in [1.29, 1.82) is 0 Å². The standard InChI is InChI=1S/C25H33N3O2.C2H6/c1-2-20-3-7-22(8-4-20)25(29)28(24-11-13-26-14-12-24)19-21-5-9-23(10-6-21)27-15-17-30-18-16-27;1-2/h3-10,24,26H,2,11-19H2,1H3;1-2H3. The molecule has 4 rings (SSSR count). The lowest BCUT2D eigenvalue weighted by Gasteiger charge is -2.35. The number of carbonyl (C=O) groups excluding carboxylic acids is 1. The van der Waals surface area contributed by atoms with E-state index in [2.05, 4.69) is 58.4 Å². The number of anilines is 1. The third-order valence-electron chi connectivity index (χ3n) is 6.28. The fourth-order valence-electron chi connectivity index (χ4n) is 4.36. The third-order valence-corrected chi connectivity index (χ3v) is 6.28. The number of carbonyl (C=O) groups is 1. The number of hydrogen-bond donors (Lipinski definition) is 1. The fraction of sp³-hybridized carbons (Fsp3) is 0.519. The van der Waals surface area contributed by atoms with Crippen LogP contribution in [-0.2, 0) is 17.7 Å². The van der Waals surface area contributed by atoms with Gasteiger partial charge in [-0.1, -0.05) is 45.0 Å². The Labute approximate surface area is 193 Å². The highest BCUT2D eigenvalue weighted by molar-refractivity contribution is 5.94. The minimum absolute atomic E-state index is 0.141. The van der Waals surface area contributed by atoms with Crippen LogP contribution in [0.4, 0.5) is 5.69 Å². The lowest BCUT2D eigenvalue weighted by Crippen LogP contribution is -2.45. The van der Waals surface area contributed by atoms with Gasteiger partial charge in [0.15, 0.2) is 0 Å². The van der Waals surface area contributed by atoms with E-state index in [9.17, 15) is 4.79 Å². The van der Waals surface area contributed by atoms with Gasteiger partial charge in [0.05, 0.1) is 13.2 Å². The molecule has 2 heterocycles. The molecule has 5 heteroatoms. The van der Waals surface area contributed by atoms with Crippen molar-refractivity contribution in [2.24, 2.45) is 0 Å². The van der Waals surface area contributed by atoms with Gasteiger partial charge in [-0.2, -0.15) is 0 Å². The quantitative estimate of drug-likeness (QED) is 0.722. The van der Waals surface area contributed by atoms with Crippen LogP contribution < -0.4 is 10.2 Å². The molecule has 0 radical (unpaired) electrons. The first-order chi connectivity index (χ1) is 15.7. The van der Waals surface area contributed by atoms with E-state index in [4.69, 9.17) is 4.74 Å². The van der Waals surface area contributed by atoms with Gasteiger partial charge in [0, 0.05) is 36.9 Å². The van der Waals surface area contributed by atoms with Gasteiger partial charge in [0.25, 0.3) is 5.91 Å². The van der Waals surface area contributed by atoms with Crippen LogP contribution in [0.1, 0.15) is 55.1 Å². The molecular weight excluding hydrogens is 398 g/mol. The molecule has 0 unspecified atom stereocenters. The highest BCUT2D eigenvalue weighted by Gasteiger charge is 2.26. The predicted octanol–water partition coefficient (Wildman–Crippen LogP) is 4.51. The number of amides is 1. The molecular formula is C27H39N3O2. The third kappa shape index (κ3) is 6.33. The summed E-state index contributed by atoms with van der Waals surface area (Å²) in [5, 5.41) is 3.42. The van der Waals surface area contributed by atoms with E-state index < -0.39 is 0 Å². The second-order valence-corrected chi connectivity index (χ2v) is 8.23. The second kappa shape index (κ2) is 12.6. The summed E-state index contributed by atoms with van der Waals surface area (Å²) in [6, 6.07) is 17.1. The number of benzene rings is 2. The Kier molecular flexibility index (Phi) is 9.57. The predicted molar refractivity (Wildman–Crippen MR) is 132 cm³/mol. The van der Waals surface area contributed by atoms with Gasteiger partial charge in [0.1, 0.15) is 0 Å². The molecule has 2 aromatic rings. The molecule has 0 aromatic heterocycles. The first-order valence-electron chi connectivity index (χ1n) is 12.3. The van der Waals surface area contributed by atoms with Crippen LogP contribution in [0.3, 0.4) is 0 Å². The number of nitrogens with zero attached hydrogens (tertiary/aromatic N) is 2. The monoisotopic (exact) mass is 437 g/mol. The van der Waals surface area contributed by atoms with Crippen LogP contribution in [0.5, 0.6) is 0 Å². The van der Waals surface area contributed by atoms with Crippen LogP contribution >= 0.6 is 0 Å². The van der Waals surface area contributed by atoms with Gasteiger partial charge in [-0.05, 0) is 67.7 Å². The van der Waals surface area contributed by atoms with Crippen molar-refractivity contribution in [3.05, 3.63) is 65.2 Å². The van der Waals surface area contributed by atoms with E-state index in [1.54, 1.807) is 0 Å². The van der Waals surface area contributed by atoms with Gasteiger partial charge in [-0.3, -0.25) is 4.79 Å². The van der Waals surface area contributed by atoms with E-state index in [0.29, 0.717) is 6.54 Å². The first kappa shape index (κ1) is 24.3.